The van der Waals surface area contributed by atoms with Gasteiger partial charge in [-0.2, -0.15) is 0 Å². The van der Waals surface area contributed by atoms with Gasteiger partial charge in [-0.05, 0) is 61.1 Å². The Morgan fingerprint density at radius 1 is 0.871 bits per heavy atom. The summed E-state index contributed by atoms with van der Waals surface area (Å²) in [5.41, 5.74) is 4.11. The van der Waals surface area contributed by atoms with E-state index in [0.29, 0.717) is 5.56 Å². The second-order valence-electron chi connectivity index (χ2n) is 9.25. The van der Waals surface area contributed by atoms with E-state index in [4.69, 9.17) is 9.47 Å². The highest BCUT2D eigenvalue weighted by Crippen LogP contribution is 2.41. The number of esters is 1. The minimum atomic E-state index is -0.420. The number of ether oxygens (including phenoxy) is 2. The first-order valence-corrected chi connectivity index (χ1v) is 11.0. The molecule has 0 saturated carbocycles. The van der Waals surface area contributed by atoms with E-state index < -0.39 is 5.41 Å². The summed E-state index contributed by atoms with van der Waals surface area (Å²) >= 11 is 0. The van der Waals surface area contributed by atoms with Gasteiger partial charge in [-0.25, -0.2) is 4.79 Å². The van der Waals surface area contributed by atoms with Crippen LogP contribution < -0.4 is 4.74 Å². The molecule has 0 bridgehead atoms. The number of benzene rings is 2. The third-order valence-corrected chi connectivity index (χ3v) is 6.33. The minimum absolute atomic E-state index is 0.0663. The topological polar surface area (TPSA) is 52.6 Å². The first-order valence-electron chi connectivity index (χ1n) is 11.0. The minimum Gasteiger partial charge on any atom is -0.486 e. The van der Waals surface area contributed by atoms with Crippen LogP contribution in [0.25, 0.3) is 0 Å². The highest BCUT2D eigenvalue weighted by Gasteiger charge is 2.32. The predicted octanol–water partition coefficient (Wildman–Crippen LogP) is 6.19. The average Bonchev–Trinajstić information content (AvgIpc) is 2.73. The normalized spacial score (nSPS) is 11.9. The Balaban J connectivity index is 2.44. The largest absolute Gasteiger partial charge is 0.486 e. The van der Waals surface area contributed by atoms with Crippen molar-refractivity contribution < 1.29 is 19.1 Å². The smallest absolute Gasteiger partial charge is 0.338 e. The van der Waals surface area contributed by atoms with E-state index in [0.717, 1.165) is 35.3 Å². The lowest BCUT2D eigenvalue weighted by molar-refractivity contribution is -0.128. The summed E-state index contributed by atoms with van der Waals surface area (Å²) in [5, 5.41) is 0. The number of hydrogen-bond donors (Lipinski definition) is 0. The van der Waals surface area contributed by atoms with Gasteiger partial charge in [-0.1, -0.05) is 58.9 Å². The van der Waals surface area contributed by atoms with Gasteiger partial charge in [0.05, 0.1) is 12.7 Å². The fraction of sp³-hybridized carbons (Fsp3) is 0.481. The molecule has 0 fully saturated rings. The number of rotatable bonds is 8. The number of carbonyl (C=O) groups is 2. The quantitative estimate of drug-likeness (QED) is 0.474. The molecule has 0 N–H and O–H groups in total. The van der Waals surface area contributed by atoms with Crippen molar-refractivity contribution in [3.8, 4) is 5.75 Å². The SMILES string of the molecule is CCC(CC)(c1ccc(OCC(=O)C(C)(C)C)c(C)c1)c1ccc(C)c(C(=O)OC)c1. The molecule has 0 amide bonds. The molecule has 2 rings (SSSR count). The van der Waals surface area contributed by atoms with Crippen LogP contribution in [0.4, 0.5) is 0 Å². The Morgan fingerprint density at radius 3 is 1.97 bits per heavy atom. The molecule has 4 heteroatoms. The fourth-order valence-corrected chi connectivity index (χ4v) is 3.95. The molecule has 0 saturated heterocycles. The molecule has 31 heavy (non-hydrogen) atoms. The van der Waals surface area contributed by atoms with Gasteiger partial charge < -0.3 is 9.47 Å². The summed E-state index contributed by atoms with van der Waals surface area (Å²) in [4.78, 5) is 24.5. The molecule has 0 aliphatic heterocycles. The van der Waals surface area contributed by atoms with Gasteiger partial charge in [-0.15, -0.1) is 0 Å². The Morgan fingerprint density at radius 2 is 1.45 bits per heavy atom. The second kappa shape index (κ2) is 9.67. The van der Waals surface area contributed by atoms with Crippen molar-refractivity contribution in [3.63, 3.8) is 0 Å². The summed E-state index contributed by atoms with van der Waals surface area (Å²) in [5.74, 6) is 0.480. The van der Waals surface area contributed by atoms with Crippen molar-refractivity contribution in [1.82, 2.24) is 0 Å². The molecular weight excluding hydrogens is 388 g/mol. The lowest BCUT2D eigenvalue weighted by atomic mass is 9.70. The Hall–Kier alpha value is -2.62. The van der Waals surface area contributed by atoms with Gasteiger partial charge in [0.2, 0.25) is 0 Å². The van der Waals surface area contributed by atoms with Crippen LogP contribution in [0.1, 0.15) is 80.1 Å². The summed E-state index contributed by atoms with van der Waals surface area (Å²) < 4.78 is 10.8. The Labute approximate surface area is 187 Å². The average molecular weight is 425 g/mol. The molecule has 0 atom stereocenters. The van der Waals surface area contributed by atoms with Crippen LogP contribution in [0.5, 0.6) is 5.75 Å². The second-order valence-corrected chi connectivity index (χ2v) is 9.25. The van der Waals surface area contributed by atoms with Crippen LogP contribution in [0.15, 0.2) is 36.4 Å². The van der Waals surface area contributed by atoms with Crippen LogP contribution in [-0.4, -0.2) is 25.5 Å². The zero-order valence-corrected chi connectivity index (χ0v) is 20.2. The van der Waals surface area contributed by atoms with Crippen LogP contribution >= 0.6 is 0 Å². The van der Waals surface area contributed by atoms with E-state index in [-0.39, 0.29) is 23.8 Å². The van der Waals surface area contributed by atoms with Crippen molar-refractivity contribution in [3.05, 3.63) is 64.2 Å². The zero-order valence-electron chi connectivity index (χ0n) is 20.2. The number of aryl methyl sites for hydroxylation is 2. The molecular formula is C27H36O4. The maximum atomic E-state index is 12.3. The van der Waals surface area contributed by atoms with E-state index in [1.165, 1.54) is 12.7 Å². The molecule has 4 nitrogen and oxygen atoms in total. The third-order valence-electron chi connectivity index (χ3n) is 6.33. The molecule has 0 radical (unpaired) electrons. The molecule has 0 aliphatic rings. The molecule has 168 valence electrons. The lowest BCUT2D eigenvalue weighted by Crippen LogP contribution is -2.27. The van der Waals surface area contributed by atoms with Crippen LogP contribution in [0.3, 0.4) is 0 Å². The van der Waals surface area contributed by atoms with E-state index >= 15 is 0 Å². The zero-order chi connectivity index (χ0) is 23.4. The third kappa shape index (κ3) is 5.17. The molecule has 0 aromatic heterocycles. The van der Waals surface area contributed by atoms with Crippen LogP contribution in [0.2, 0.25) is 0 Å². The number of ketones is 1. The molecule has 0 heterocycles. The maximum absolute atomic E-state index is 12.3. The van der Waals surface area contributed by atoms with Crippen LogP contribution in [0, 0.1) is 19.3 Å². The Bertz CT molecular complexity index is 946. The first-order chi connectivity index (χ1) is 14.5. The molecule has 2 aromatic carbocycles. The number of methoxy groups -OCH3 is 1. The number of hydrogen-bond acceptors (Lipinski definition) is 4. The lowest BCUT2D eigenvalue weighted by Gasteiger charge is -2.34. The van der Waals surface area contributed by atoms with Gasteiger partial charge in [0, 0.05) is 10.8 Å². The fourth-order valence-electron chi connectivity index (χ4n) is 3.95. The van der Waals surface area contributed by atoms with E-state index in [2.05, 4.69) is 32.0 Å². The van der Waals surface area contributed by atoms with Crippen LogP contribution in [-0.2, 0) is 14.9 Å². The number of carbonyl (C=O) groups excluding carboxylic acids is 2. The first kappa shape index (κ1) is 24.6. The standard InChI is InChI=1S/C27H36O4/c1-9-27(10-2,21-12-11-18(3)22(16-21)25(29)30-8)20-13-14-23(19(4)15-20)31-17-24(28)26(5,6)7/h11-16H,9-10,17H2,1-8H3. The predicted molar refractivity (Wildman–Crippen MR) is 125 cm³/mol. The van der Waals surface area contributed by atoms with Crippen molar-refractivity contribution in [2.75, 3.05) is 13.7 Å². The van der Waals surface area contributed by atoms with E-state index in [1.807, 2.05) is 52.8 Å². The van der Waals surface area contributed by atoms with Crippen molar-refractivity contribution in [2.45, 2.75) is 66.7 Å². The highest BCUT2D eigenvalue weighted by atomic mass is 16.5. The molecule has 0 aliphatic carbocycles. The Kier molecular flexibility index (Phi) is 7.69. The summed E-state index contributed by atoms with van der Waals surface area (Å²) in [7, 11) is 1.41. The summed E-state index contributed by atoms with van der Waals surface area (Å²) in [6.07, 6.45) is 1.77. The molecule has 0 spiro atoms. The van der Waals surface area contributed by atoms with E-state index in [1.54, 1.807) is 0 Å². The summed E-state index contributed by atoms with van der Waals surface area (Å²) in [6.45, 7) is 14.0. The monoisotopic (exact) mass is 424 g/mol. The van der Waals surface area contributed by atoms with Crippen molar-refractivity contribution in [1.29, 1.82) is 0 Å². The van der Waals surface area contributed by atoms with E-state index in [9.17, 15) is 9.59 Å². The van der Waals surface area contributed by atoms with Gasteiger partial charge >= 0.3 is 5.97 Å². The van der Waals surface area contributed by atoms with Gasteiger partial charge in [-0.3, -0.25) is 4.79 Å². The van der Waals surface area contributed by atoms with Gasteiger partial charge in [0.1, 0.15) is 12.4 Å². The highest BCUT2D eigenvalue weighted by molar-refractivity contribution is 5.91. The number of Topliss-reactive ketones (excluding diaryl/α,β-unsaturated/α-hetero) is 1. The van der Waals surface area contributed by atoms with Crippen molar-refractivity contribution >= 4 is 11.8 Å². The maximum Gasteiger partial charge on any atom is 0.338 e. The molecule has 0 unspecified atom stereocenters. The summed E-state index contributed by atoms with van der Waals surface area (Å²) in [6, 6.07) is 12.2. The molecule has 2 aromatic rings. The van der Waals surface area contributed by atoms with Gasteiger partial charge in [0.25, 0.3) is 0 Å². The van der Waals surface area contributed by atoms with Gasteiger partial charge in [0.15, 0.2) is 5.78 Å². The van der Waals surface area contributed by atoms with Crippen molar-refractivity contribution in [2.24, 2.45) is 5.41 Å².